The van der Waals surface area contributed by atoms with E-state index >= 15 is 0 Å². The molecule has 0 atom stereocenters. The summed E-state index contributed by atoms with van der Waals surface area (Å²) in [6, 6.07) is 3.24. The standard InChI is InChI=1S/C18H27N5O2/c1-13(2)18-15(22-9-7-14(8-10-22)12-25-4)11-23(20-18)16-5-6-17(24)21(3)19-16/h5-6,11,13-14H,7-10,12H2,1-4H3. The molecule has 0 aliphatic carbocycles. The molecule has 0 bridgehead atoms. The molecule has 3 heterocycles. The van der Waals surface area contributed by atoms with Crippen LogP contribution in [0.2, 0.25) is 0 Å². The quantitative estimate of drug-likeness (QED) is 0.829. The van der Waals surface area contributed by atoms with Crippen LogP contribution in [0.4, 0.5) is 5.69 Å². The van der Waals surface area contributed by atoms with Crippen LogP contribution in [0.3, 0.4) is 0 Å². The van der Waals surface area contributed by atoms with Gasteiger partial charge in [-0.3, -0.25) is 4.79 Å². The zero-order valence-electron chi connectivity index (χ0n) is 15.5. The average molecular weight is 345 g/mol. The Kier molecular flexibility index (Phi) is 5.22. The first-order chi connectivity index (χ1) is 12.0. The minimum Gasteiger partial charge on any atom is -0.384 e. The maximum atomic E-state index is 11.6. The van der Waals surface area contributed by atoms with E-state index in [9.17, 15) is 4.79 Å². The van der Waals surface area contributed by atoms with E-state index < -0.39 is 0 Å². The molecule has 3 rings (SSSR count). The molecule has 0 amide bonds. The van der Waals surface area contributed by atoms with Gasteiger partial charge < -0.3 is 9.64 Å². The number of aromatic nitrogens is 4. The van der Waals surface area contributed by atoms with Gasteiger partial charge in [-0.1, -0.05) is 13.8 Å². The summed E-state index contributed by atoms with van der Waals surface area (Å²) >= 11 is 0. The fourth-order valence-electron chi connectivity index (χ4n) is 3.34. The number of anilines is 1. The zero-order chi connectivity index (χ0) is 18.0. The van der Waals surface area contributed by atoms with E-state index in [1.807, 2.05) is 6.20 Å². The number of methoxy groups -OCH3 is 1. The summed E-state index contributed by atoms with van der Waals surface area (Å²) in [4.78, 5) is 14.0. The predicted molar refractivity (Wildman–Crippen MR) is 97.5 cm³/mol. The topological polar surface area (TPSA) is 65.2 Å². The molecule has 0 unspecified atom stereocenters. The first-order valence-electron chi connectivity index (χ1n) is 8.87. The maximum Gasteiger partial charge on any atom is 0.266 e. The number of aryl methyl sites for hydroxylation is 1. The molecule has 25 heavy (non-hydrogen) atoms. The summed E-state index contributed by atoms with van der Waals surface area (Å²) < 4.78 is 8.41. The molecule has 7 nitrogen and oxygen atoms in total. The molecule has 0 spiro atoms. The first-order valence-corrected chi connectivity index (χ1v) is 8.87. The van der Waals surface area contributed by atoms with Gasteiger partial charge in [0.1, 0.15) is 0 Å². The van der Waals surface area contributed by atoms with Crippen LogP contribution in [0, 0.1) is 5.92 Å². The minimum absolute atomic E-state index is 0.125. The molecule has 1 aliphatic rings. The molecule has 2 aromatic rings. The Hall–Kier alpha value is -2.15. The molecule has 0 N–H and O–H groups in total. The Labute approximate surface area is 148 Å². The van der Waals surface area contributed by atoms with Crippen LogP contribution in [0.25, 0.3) is 5.82 Å². The fraction of sp³-hybridized carbons (Fsp3) is 0.611. The molecular formula is C18H27N5O2. The lowest BCUT2D eigenvalue weighted by atomic mass is 9.97. The molecule has 0 aromatic carbocycles. The number of rotatable bonds is 5. The number of hydrogen-bond acceptors (Lipinski definition) is 5. The van der Waals surface area contributed by atoms with Crippen molar-refractivity contribution in [3.8, 4) is 5.82 Å². The van der Waals surface area contributed by atoms with Gasteiger partial charge in [0.2, 0.25) is 0 Å². The Morgan fingerprint density at radius 3 is 2.56 bits per heavy atom. The van der Waals surface area contributed by atoms with Gasteiger partial charge in [-0.05, 0) is 30.7 Å². The molecule has 1 aliphatic heterocycles. The van der Waals surface area contributed by atoms with Gasteiger partial charge in [0, 0.05) is 39.9 Å². The average Bonchev–Trinajstić information content (AvgIpc) is 3.04. The van der Waals surface area contributed by atoms with Crippen molar-refractivity contribution in [3.63, 3.8) is 0 Å². The van der Waals surface area contributed by atoms with Crippen LogP contribution < -0.4 is 10.5 Å². The lowest BCUT2D eigenvalue weighted by Gasteiger charge is -2.33. The van der Waals surface area contributed by atoms with Gasteiger partial charge in [-0.25, -0.2) is 9.36 Å². The highest BCUT2D eigenvalue weighted by Gasteiger charge is 2.24. The van der Waals surface area contributed by atoms with Crippen molar-refractivity contribution >= 4 is 5.69 Å². The molecule has 0 radical (unpaired) electrons. The van der Waals surface area contributed by atoms with E-state index in [0.717, 1.165) is 38.2 Å². The second-order valence-corrected chi connectivity index (χ2v) is 7.04. The number of nitrogens with zero attached hydrogens (tertiary/aromatic N) is 5. The Bertz CT molecular complexity index is 772. The third-order valence-electron chi connectivity index (χ3n) is 4.81. The normalized spacial score (nSPS) is 16.0. The van der Waals surface area contributed by atoms with Gasteiger partial charge >= 0.3 is 0 Å². The highest BCUT2D eigenvalue weighted by Crippen LogP contribution is 2.30. The maximum absolute atomic E-state index is 11.6. The molecular weight excluding hydrogens is 318 g/mol. The van der Waals surface area contributed by atoms with Gasteiger partial charge in [-0.2, -0.15) is 10.2 Å². The van der Waals surface area contributed by atoms with Crippen LogP contribution in [-0.2, 0) is 11.8 Å². The van der Waals surface area contributed by atoms with E-state index in [-0.39, 0.29) is 5.56 Å². The Morgan fingerprint density at radius 2 is 1.96 bits per heavy atom. The lowest BCUT2D eigenvalue weighted by molar-refractivity contribution is 0.139. The molecule has 7 heteroatoms. The number of ether oxygens (including phenoxy) is 1. The number of hydrogen-bond donors (Lipinski definition) is 0. The van der Waals surface area contributed by atoms with E-state index in [1.165, 1.54) is 16.4 Å². The third kappa shape index (κ3) is 3.76. The van der Waals surface area contributed by atoms with Gasteiger partial charge in [0.15, 0.2) is 5.82 Å². The van der Waals surface area contributed by atoms with Crippen LogP contribution in [0.1, 0.15) is 38.3 Å². The van der Waals surface area contributed by atoms with Crippen molar-refractivity contribution in [2.24, 2.45) is 13.0 Å². The second kappa shape index (κ2) is 7.39. The van der Waals surface area contributed by atoms with Gasteiger partial charge in [0.05, 0.1) is 17.6 Å². The summed E-state index contributed by atoms with van der Waals surface area (Å²) in [6.45, 7) is 7.18. The monoisotopic (exact) mass is 345 g/mol. The Balaban J connectivity index is 1.88. The second-order valence-electron chi connectivity index (χ2n) is 7.04. The van der Waals surface area contributed by atoms with Crippen molar-refractivity contribution in [3.05, 3.63) is 34.4 Å². The van der Waals surface area contributed by atoms with Crippen molar-refractivity contribution in [1.82, 2.24) is 19.6 Å². The van der Waals surface area contributed by atoms with E-state index in [4.69, 9.17) is 9.84 Å². The minimum atomic E-state index is -0.125. The summed E-state index contributed by atoms with van der Waals surface area (Å²) in [5, 5.41) is 9.06. The largest absolute Gasteiger partial charge is 0.384 e. The van der Waals surface area contributed by atoms with Crippen LogP contribution >= 0.6 is 0 Å². The highest BCUT2D eigenvalue weighted by atomic mass is 16.5. The molecule has 0 saturated carbocycles. The summed E-state index contributed by atoms with van der Waals surface area (Å²) in [5.74, 6) is 1.62. The van der Waals surface area contributed by atoms with E-state index in [1.54, 1.807) is 24.9 Å². The third-order valence-corrected chi connectivity index (χ3v) is 4.81. The van der Waals surface area contributed by atoms with Crippen LogP contribution in [-0.4, -0.2) is 46.4 Å². The zero-order valence-corrected chi connectivity index (χ0v) is 15.5. The molecule has 2 aromatic heterocycles. The SMILES string of the molecule is COCC1CCN(c2cn(-c3ccc(=O)n(C)n3)nc2C(C)C)CC1. The van der Waals surface area contributed by atoms with Crippen LogP contribution in [0.5, 0.6) is 0 Å². The van der Waals surface area contributed by atoms with E-state index in [0.29, 0.717) is 17.7 Å². The predicted octanol–water partition coefficient (Wildman–Crippen LogP) is 1.95. The highest BCUT2D eigenvalue weighted by molar-refractivity contribution is 5.52. The molecule has 136 valence electrons. The van der Waals surface area contributed by atoms with Gasteiger partial charge in [-0.15, -0.1) is 0 Å². The smallest absolute Gasteiger partial charge is 0.266 e. The van der Waals surface area contributed by atoms with Crippen molar-refractivity contribution in [2.45, 2.75) is 32.6 Å². The van der Waals surface area contributed by atoms with Crippen molar-refractivity contribution in [2.75, 3.05) is 31.7 Å². The molecule has 1 saturated heterocycles. The number of piperidine rings is 1. The summed E-state index contributed by atoms with van der Waals surface area (Å²) in [6.07, 6.45) is 4.31. The van der Waals surface area contributed by atoms with Crippen LogP contribution in [0.15, 0.2) is 23.1 Å². The van der Waals surface area contributed by atoms with E-state index in [2.05, 4.69) is 23.8 Å². The first kappa shape index (κ1) is 17.7. The van der Waals surface area contributed by atoms with Gasteiger partial charge in [0.25, 0.3) is 5.56 Å². The molecule has 1 fully saturated rings. The fourth-order valence-corrected chi connectivity index (χ4v) is 3.34. The summed E-state index contributed by atoms with van der Waals surface area (Å²) in [7, 11) is 3.42. The van der Waals surface area contributed by atoms with Crippen molar-refractivity contribution < 1.29 is 4.74 Å². The van der Waals surface area contributed by atoms with Crippen molar-refractivity contribution in [1.29, 1.82) is 0 Å². The summed E-state index contributed by atoms with van der Waals surface area (Å²) in [5.41, 5.74) is 2.11. The Morgan fingerprint density at radius 1 is 1.24 bits per heavy atom. The lowest BCUT2D eigenvalue weighted by Crippen LogP contribution is -2.35.